The Morgan fingerprint density at radius 2 is 2.05 bits per heavy atom. The van der Waals surface area contributed by atoms with Gasteiger partial charge >= 0.3 is 0 Å². The largest absolute Gasteiger partial charge is 0.342 e. The minimum Gasteiger partial charge on any atom is -0.342 e. The Morgan fingerprint density at radius 1 is 1.40 bits per heavy atom. The van der Waals surface area contributed by atoms with Crippen molar-refractivity contribution in [3.8, 4) is 0 Å². The molecule has 2 rings (SSSR count). The summed E-state index contributed by atoms with van der Waals surface area (Å²) in [6, 6.07) is 0. The molecule has 1 aliphatic rings. The van der Waals surface area contributed by atoms with Crippen LogP contribution in [-0.2, 0) is 9.59 Å². The van der Waals surface area contributed by atoms with Gasteiger partial charge in [-0.3, -0.25) is 9.59 Å². The van der Waals surface area contributed by atoms with E-state index in [-0.39, 0.29) is 23.7 Å². The molecule has 5 nitrogen and oxygen atoms in total. The third-order valence-corrected chi connectivity index (χ3v) is 4.35. The molecule has 1 aliphatic heterocycles. The molecule has 0 aromatic carbocycles. The number of nitrogens with one attached hydrogen (secondary N) is 1. The zero-order valence-electron chi connectivity index (χ0n) is 12.2. The number of hydrogen-bond acceptors (Lipinski definition) is 4. The van der Waals surface area contributed by atoms with E-state index < -0.39 is 0 Å². The van der Waals surface area contributed by atoms with Gasteiger partial charge in [-0.15, -0.1) is 11.3 Å². The van der Waals surface area contributed by atoms with Crippen LogP contribution >= 0.6 is 11.3 Å². The lowest BCUT2D eigenvalue weighted by Gasteiger charge is -2.32. The van der Waals surface area contributed by atoms with Gasteiger partial charge in [0.05, 0.1) is 0 Å². The number of anilines is 1. The molecular weight excluding hydrogens is 274 g/mol. The normalized spacial score (nSPS) is 16.5. The van der Waals surface area contributed by atoms with E-state index in [1.54, 1.807) is 6.20 Å². The van der Waals surface area contributed by atoms with Gasteiger partial charge in [-0.05, 0) is 19.8 Å². The smallest absolute Gasteiger partial charge is 0.229 e. The minimum absolute atomic E-state index is 0.0181. The van der Waals surface area contributed by atoms with E-state index in [9.17, 15) is 9.59 Å². The molecule has 1 aromatic heterocycles. The van der Waals surface area contributed by atoms with Crippen molar-refractivity contribution in [2.75, 3.05) is 18.4 Å². The summed E-state index contributed by atoms with van der Waals surface area (Å²) in [5.74, 6) is 0.212. The summed E-state index contributed by atoms with van der Waals surface area (Å²) in [7, 11) is 0. The zero-order valence-corrected chi connectivity index (χ0v) is 13.0. The summed E-state index contributed by atoms with van der Waals surface area (Å²) in [5, 5.41) is 3.52. The van der Waals surface area contributed by atoms with Crippen LogP contribution in [0, 0.1) is 18.8 Å². The molecule has 1 fully saturated rings. The zero-order chi connectivity index (χ0) is 14.7. The van der Waals surface area contributed by atoms with Gasteiger partial charge in [0, 0.05) is 36.0 Å². The first-order chi connectivity index (χ1) is 9.47. The van der Waals surface area contributed by atoms with Crippen molar-refractivity contribution in [1.29, 1.82) is 0 Å². The van der Waals surface area contributed by atoms with Crippen molar-refractivity contribution in [3.05, 3.63) is 11.1 Å². The lowest BCUT2D eigenvalue weighted by molar-refractivity contribution is -0.137. The lowest BCUT2D eigenvalue weighted by atomic mass is 9.95. The second kappa shape index (κ2) is 6.35. The van der Waals surface area contributed by atoms with Gasteiger partial charge in [0.25, 0.3) is 0 Å². The van der Waals surface area contributed by atoms with Crippen LogP contribution in [-0.4, -0.2) is 34.8 Å². The maximum atomic E-state index is 12.1. The topological polar surface area (TPSA) is 62.3 Å². The highest BCUT2D eigenvalue weighted by atomic mass is 32.1. The van der Waals surface area contributed by atoms with Crippen LogP contribution in [0.3, 0.4) is 0 Å². The highest BCUT2D eigenvalue weighted by Gasteiger charge is 2.28. The van der Waals surface area contributed by atoms with Crippen LogP contribution in [0.25, 0.3) is 0 Å². The average Bonchev–Trinajstić information content (AvgIpc) is 2.83. The molecule has 0 atom stereocenters. The van der Waals surface area contributed by atoms with Crippen molar-refractivity contribution < 1.29 is 9.59 Å². The quantitative estimate of drug-likeness (QED) is 0.930. The Morgan fingerprint density at radius 3 is 2.55 bits per heavy atom. The van der Waals surface area contributed by atoms with E-state index in [0.29, 0.717) is 18.2 Å². The van der Waals surface area contributed by atoms with E-state index >= 15 is 0 Å². The van der Waals surface area contributed by atoms with Crippen LogP contribution < -0.4 is 5.32 Å². The molecule has 20 heavy (non-hydrogen) atoms. The maximum Gasteiger partial charge on any atom is 0.229 e. The van der Waals surface area contributed by atoms with Crippen molar-refractivity contribution in [3.63, 3.8) is 0 Å². The third kappa shape index (κ3) is 3.56. The second-order valence-corrected chi connectivity index (χ2v) is 6.75. The van der Waals surface area contributed by atoms with Crippen LogP contribution in [0.2, 0.25) is 0 Å². The first-order valence-electron chi connectivity index (χ1n) is 6.99. The number of hydrogen-bond donors (Lipinski definition) is 1. The monoisotopic (exact) mass is 295 g/mol. The number of aryl methyl sites for hydroxylation is 1. The van der Waals surface area contributed by atoms with Gasteiger partial charge in [-0.25, -0.2) is 4.98 Å². The Hall–Kier alpha value is -1.43. The fourth-order valence-electron chi connectivity index (χ4n) is 2.35. The summed E-state index contributed by atoms with van der Waals surface area (Å²) >= 11 is 1.48. The molecule has 0 radical (unpaired) electrons. The molecule has 2 amide bonds. The van der Waals surface area contributed by atoms with E-state index in [4.69, 9.17) is 0 Å². The number of nitrogens with zero attached hydrogens (tertiary/aromatic N) is 2. The van der Waals surface area contributed by atoms with Crippen LogP contribution in [0.4, 0.5) is 5.13 Å². The Bertz CT molecular complexity index is 490. The molecule has 2 heterocycles. The number of aromatic nitrogens is 1. The predicted molar refractivity (Wildman–Crippen MR) is 79.6 cm³/mol. The van der Waals surface area contributed by atoms with E-state index in [2.05, 4.69) is 10.3 Å². The van der Waals surface area contributed by atoms with Gasteiger partial charge in [0.2, 0.25) is 11.8 Å². The van der Waals surface area contributed by atoms with Crippen molar-refractivity contribution in [1.82, 2.24) is 9.88 Å². The summed E-state index contributed by atoms with van der Waals surface area (Å²) < 4.78 is 0. The molecule has 1 N–H and O–H groups in total. The van der Waals surface area contributed by atoms with E-state index in [0.717, 1.165) is 17.7 Å². The van der Waals surface area contributed by atoms with Crippen molar-refractivity contribution >= 4 is 28.3 Å². The van der Waals surface area contributed by atoms with Crippen LogP contribution in [0.5, 0.6) is 0 Å². The SMILES string of the molecule is Cc1cnc(NC(=O)C2CCN(C(=O)C(C)C)CC2)s1. The molecule has 110 valence electrons. The van der Waals surface area contributed by atoms with Gasteiger partial charge in [0.15, 0.2) is 5.13 Å². The molecule has 0 saturated carbocycles. The maximum absolute atomic E-state index is 12.1. The fourth-order valence-corrected chi connectivity index (χ4v) is 3.01. The molecular formula is C14H21N3O2S. The summed E-state index contributed by atoms with van der Waals surface area (Å²) in [4.78, 5) is 31.1. The number of carbonyl (C=O) groups excluding carboxylic acids is 2. The van der Waals surface area contributed by atoms with Gasteiger partial charge < -0.3 is 10.2 Å². The molecule has 0 spiro atoms. The highest BCUT2D eigenvalue weighted by molar-refractivity contribution is 7.15. The highest BCUT2D eigenvalue weighted by Crippen LogP contribution is 2.22. The molecule has 1 saturated heterocycles. The van der Waals surface area contributed by atoms with E-state index in [1.807, 2.05) is 25.7 Å². The van der Waals surface area contributed by atoms with E-state index in [1.165, 1.54) is 11.3 Å². The van der Waals surface area contributed by atoms with Crippen LogP contribution in [0.1, 0.15) is 31.6 Å². The van der Waals surface area contributed by atoms with Crippen molar-refractivity contribution in [2.45, 2.75) is 33.6 Å². The lowest BCUT2D eigenvalue weighted by Crippen LogP contribution is -2.43. The molecule has 0 bridgehead atoms. The number of piperidine rings is 1. The fraction of sp³-hybridized carbons (Fsp3) is 0.643. The number of likely N-dealkylation sites (tertiary alicyclic amines) is 1. The Balaban J connectivity index is 1.84. The molecule has 1 aromatic rings. The molecule has 6 heteroatoms. The van der Waals surface area contributed by atoms with Crippen LogP contribution in [0.15, 0.2) is 6.20 Å². The number of amides is 2. The average molecular weight is 295 g/mol. The molecule has 0 aliphatic carbocycles. The van der Waals surface area contributed by atoms with Gasteiger partial charge in [0.1, 0.15) is 0 Å². The number of thiazole rings is 1. The third-order valence-electron chi connectivity index (χ3n) is 3.52. The molecule has 0 unspecified atom stereocenters. The van der Waals surface area contributed by atoms with Gasteiger partial charge in [-0.2, -0.15) is 0 Å². The van der Waals surface area contributed by atoms with Gasteiger partial charge in [-0.1, -0.05) is 13.8 Å². The summed E-state index contributed by atoms with van der Waals surface area (Å²) in [6.07, 6.45) is 3.22. The summed E-state index contributed by atoms with van der Waals surface area (Å²) in [5.41, 5.74) is 0. The van der Waals surface area contributed by atoms with Crippen molar-refractivity contribution in [2.24, 2.45) is 11.8 Å². The Labute approximate surface area is 123 Å². The predicted octanol–water partition coefficient (Wildman–Crippen LogP) is 2.28. The standard InChI is InChI=1S/C14H21N3O2S/c1-9(2)13(19)17-6-4-11(5-7-17)12(18)16-14-15-8-10(3)20-14/h8-9,11H,4-7H2,1-3H3,(H,15,16,18). The number of carbonyl (C=O) groups is 2. The first-order valence-corrected chi connectivity index (χ1v) is 7.81. The first kappa shape index (κ1) is 15.0. The second-order valence-electron chi connectivity index (χ2n) is 5.52. The Kier molecular flexibility index (Phi) is 4.75. The number of rotatable bonds is 3. The minimum atomic E-state index is -0.0181. The summed E-state index contributed by atoms with van der Waals surface area (Å²) in [6.45, 7) is 7.12.